The van der Waals surface area contributed by atoms with Gasteiger partial charge in [0.15, 0.2) is 0 Å². The van der Waals surface area contributed by atoms with Crippen LogP contribution in [-0.4, -0.2) is 17.6 Å². The highest BCUT2D eigenvalue weighted by Crippen LogP contribution is 2.27. The Bertz CT molecular complexity index is 430. The van der Waals surface area contributed by atoms with Gasteiger partial charge in [0, 0.05) is 12.6 Å². The Morgan fingerprint density at radius 2 is 2.28 bits per heavy atom. The van der Waals surface area contributed by atoms with Crippen molar-refractivity contribution in [3.63, 3.8) is 0 Å². The minimum atomic E-state index is -0.356. The van der Waals surface area contributed by atoms with E-state index in [0.29, 0.717) is 24.9 Å². The number of nitro groups is 1. The lowest BCUT2D eigenvalue weighted by atomic mass is 9.96. The molecule has 1 aromatic rings. The monoisotopic (exact) mass is 250 g/mol. The summed E-state index contributed by atoms with van der Waals surface area (Å²) in [5, 5.41) is 14.0. The number of anilines is 1. The van der Waals surface area contributed by atoms with E-state index < -0.39 is 0 Å². The molecule has 1 aliphatic carbocycles. The number of hydrogen-bond acceptors (Lipinski definition) is 4. The highest BCUT2D eigenvalue weighted by Gasteiger charge is 2.19. The number of nitrogens with zero attached hydrogens (tertiary/aromatic N) is 1. The van der Waals surface area contributed by atoms with E-state index in [1.807, 2.05) is 13.0 Å². The van der Waals surface area contributed by atoms with E-state index in [4.69, 9.17) is 4.74 Å². The summed E-state index contributed by atoms with van der Waals surface area (Å²) in [7, 11) is 0. The number of hydrogen-bond donors (Lipinski definition) is 1. The van der Waals surface area contributed by atoms with E-state index in [1.54, 1.807) is 12.1 Å². The van der Waals surface area contributed by atoms with Crippen LogP contribution in [0, 0.1) is 10.1 Å². The van der Waals surface area contributed by atoms with Crippen molar-refractivity contribution < 1.29 is 9.66 Å². The molecule has 18 heavy (non-hydrogen) atoms. The van der Waals surface area contributed by atoms with Gasteiger partial charge in [-0.15, -0.1) is 0 Å². The molecule has 1 aromatic carbocycles. The molecule has 0 bridgehead atoms. The molecule has 1 saturated carbocycles. The number of nitrogens with one attached hydrogen (secondary N) is 1. The van der Waals surface area contributed by atoms with E-state index in [2.05, 4.69) is 5.32 Å². The largest absolute Gasteiger partial charge is 0.380 e. The molecular weight excluding hydrogens is 232 g/mol. The minimum Gasteiger partial charge on any atom is -0.380 e. The highest BCUT2D eigenvalue weighted by atomic mass is 16.6. The molecule has 5 heteroatoms. The summed E-state index contributed by atoms with van der Waals surface area (Å²) in [4.78, 5) is 10.6. The Morgan fingerprint density at radius 1 is 1.50 bits per heavy atom. The minimum absolute atomic E-state index is 0.117. The van der Waals surface area contributed by atoms with Gasteiger partial charge >= 0.3 is 0 Å². The summed E-state index contributed by atoms with van der Waals surface area (Å²) in [5.74, 6) is 0. The normalized spacial score (nSPS) is 15.2. The summed E-state index contributed by atoms with van der Waals surface area (Å²) in [6.45, 7) is 3.04. The first-order valence-corrected chi connectivity index (χ1v) is 6.33. The molecule has 0 aliphatic heterocycles. The van der Waals surface area contributed by atoms with Gasteiger partial charge < -0.3 is 10.1 Å². The lowest BCUT2D eigenvalue weighted by Gasteiger charge is -2.25. The van der Waals surface area contributed by atoms with Crippen LogP contribution in [0.25, 0.3) is 0 Å². The summed E-state index contributed by atoms with van der Waals surface area (Å²) in [5.41, 5.74) is 1.54. The van der Waals surface area contributed by atoms with Crippen LogP contribution in [0.5, 0.6) is 0 Å². The lowest BCUT2D eigenvalue weighted by Crippen LogP contribution is -2.21. The summed E-state index contributed by atoms with van der Waals surface area (Å²) < 4.78 is 5.66. The van der Waals surface area contributed by atoms with Crippen LogP contribution < -0.4 is 5.32 Å². The first-order valence-electron chi connectivity index (χ1n) is 6.33. The van der Waals surface area contributed by atoms with Gasteiger partial charge in [0.1, 0.15) is 5.69 Å². The average Bonchev–Trinajstić information content (AvgIpc) is 2.29. The van der Waals surface area contributed by atoms with Gasteiger partial charge in [0.2, 0.25) is 0 Å². The van der Waals surface area contributed by atoms with Crippen LogP contribution in [-0.2, 0) is 11.3 Å². The molecule has 5 nitrogen and oxygen atoms in total. The van der Waals surface area contributed by atoms with Crippen molar-refractivity contribution >= 4 is 11.4 Å². The molecule has 0 radical (unpaired) electrons. The third-order valence-corrected chi connectivity index (χ3v) is 3.16. The SMILES string of the molecule is CCNc1ccc(COC2CCC2)cc1[N+](=O)[O-]. The first-order chi connectivity index (χ1) is 8.70. The lowest BCUT2D eigenvalue weighted by molar-refractivity contribution is -0.384. The maximum Gasteiger partial charge on any atom is 0.292 e. The second kappa shape index (κ2) is 5.82. The van der Waals surface area contributed by atoms with Crippen LogP contribution in [0.1, 0.15) is 31.7 Å². The van der Waals surface area contributed by atoms with E-state index in [-0.39, 0.29) is 10.6 Å². The van der Waals surface area contributed by atoms with Gasteiger partial charge in [-0.2, -0.15) is 0 Å². The molecule has 0 amide bonds. The molecule has 0 spiro atoms. The van der Waals surface area contributed by atoms with E-state index in [9.17, 15) is 10.1 Å². The summed E-state index contributed by atoms with van der Waals surface area (Å²) >= 11 is 0. The Kier molecular flexibility index (Phi) is 4.15. The zero-order valence-corrected chi connectivity index (χ0v) is 10.5. The number of nitro benzene ring substituents is 1. The second-order valence-corrected chi connectivity index (χ2v) is 4.50. The summed E-state index contributed by atoms with van der Waals surface area (Å²) in [6, 6.07) is 5.22. The van der Waals surface area contributed by atoms with Crippen molar-refractivity contribution in [1.82, 2.24) is 0 Å². The van der Waals surface area contributed by atoms with E-state index in [1.165, 1.54) is 6.42 Å². The van der Waals surface area contributed by atoms with Gasteiger partial charge in [-0.1, -0.05) is 6.07 Å². The quantitative estimate of drug-likeness (QED) is 0.622. The fourth-order valence-corrected chi connectivity index (χ4v) is 1.91. The highest BCUT2D eigenvalue weighted by molar-refractivity contribution is 5.62. The van der Waals surface area contributed by atoms with Crippen molar-refractivity contribution in [3.8, 4) is 0 Å². The van der Waals surface area contributed by atoms with Crippen molar-refractivity contribution in [1.29, 1.82) is 0 Å². The molecule has 0 aromatic heterocycles. The molecule has 0 atom stereocenters. The molecule has 1 aliphatic rings. The number of ether oxygens (including phenoxy) is 1. The standard InChI is InChI=1S/C13H18N2O3/c1-2-14-12-7-6-10(8-13(12)15(16)17)9-18-11-4-3-5-11/h6-8,11,14H,2-5,9H2,1H3. The van der Waals surface area contributed by atoms with Crippen molar-refractivity contribution in [2.75, 3.05) is 11.9 Å². The first kappa shape index (κ1) is 12.8. The molecule has 0 saturated heterocycles. The fourth-order valence-electron chi connectivity index (χ4n) is 1.91. The molecule has 0 unspecified atom stereocenters. The number of rotatable bonds is 6. The van der Waals surface area contributed by atoms with Crippen LogP contribution in [0.4, 0.5) is 11.4 Å². The Balaban J connectivity index is 2.06. The molecule has 1 fully saturated rings. The van der Waals surface area contributed by atoms with Crippen LogP contribution >= 0.6 is 0 Å². The zero-order chi connectivity index (χ0) is 13.0. The van der Waals surface area contributed by atoms with Crippen molar-refractivity contribution in [2.24, 2.45) is 0 Å². The van der Waals surface area contributed by atoms with Crippen LogP contribution in [0.15, 0.2) is 18.2 Å². The second-order valence-electron chi connectivity index (χ2n) is 4.50. The van der Waals surface area contributed by atoms with Crippen LogP contribution in [0.3, 0.4) is 0 Å². The molecule has 1 N–H and O–H groups in total. The van der Waals surface area contributed by atoms with Crippen LogP contribution in [0.2, 0.25) is 0 Å². The Labute approximate surface area is 106 Å². The smallest absolute Gasteiger partial charge is 0.292 e. The Hall–Kier alpha value is -1.62. The Morgan fingerprint density at radius 3 is 2.83 bits per heavy atom. The van der Waals surface area contributed by atoms with Crippen molar-refractivity contribution in [2.45, 2.75) is 38.9 Å². The maximum atomic E-state index is 11.0. The summed E-state index contributed by atoms with van der Waals surface area (Å²) in [6.07, 6.45) is 3.79. The third kappa shape index (κ3) is 2.98. The van der Waals surface area contributed by atoms with E-state index in [0.717, 1.165) is 18.4 Å². The zero-order valence-electron chi connectivity index (χ0n) is 10.5. The molecule has 98 valence electrons. The third-order valence-electron chi connectivity index (χ3n) is 3.16. The van der Waals surface area contributed by atoms with Gasteiger partial charge in [0.05, 0.1) is 17.6 Å². The molecule has 0 heterocycles. The predicted octanol–water partition coefficient (Wildman–Crippen LogP) is 3.10. The number of benzene rings is 1. The fraction of sp³-hybridized carbons (Fsp3) is 0.538. The van der Waals surface area contributed by atoms with Gasteiger partial charge in [-0.05, 0) is 37.8 Å². The predicted molar refractivity (Wildman–Crippen MR) is 69.7 cm³/mol. The van der Waals surface area contributed by atoms with Gasteiger partial charge in [-0.3, -0.25) is 10.1 Å². The molecule has 2 rings (SSSR count). The maximum absolute atomic E-state index is 11.0. The topological polar surface area (TPSA) is 64.4 Å². The van der Waals surface area contributed by atoms with Gasteiger partial charge in [-0.25, -0.2) is 0 Å². The average molecular weight is 250 g/mol. The molecular formula is C13H18N2O3. The van der Waals surface area contributed by atoms with Gasteiger partial charge in [0.25, 0.3) is 5.69 Å². The van der Waals surface area contributed by atoms with E-state index >= 15 is 0 Å². The van der Waals surface area contributed by atoms with Crippen molar-refractivity contribution in [3.05, 3.63) is 33.9 Å².